The fourth-order valence-electron chi connectivity index (χ4n) is 6.55. The summed E-state index contributed by atoms with van der Waals surface area (Å²) in [5.74, 6) is -2.77. The van der Waals surface area contributed by atoms with Gasteiger partial charge in [-0.25, -0.2) is 8.78 Å². The molecule has 0 bridgehead atoms. The smallest absolute Gasteiger partial charge is 0.190 e. The van der Waals surface area contributed by atoms with E-state index in [2.05, 4.69) is 0 Å². The average molecular weight is 392 g/mol. The molecule has 2 saturated carbocycles. The van der Waals surface area contributed by atoms with Crippen LogP contribution in [-0.2, 0) is 9.59 Å². The summed E-state index contributed by atoms with van der Waals surface area (Å²) in [7, 11) is 0. The highest BCUT2D eigenvalue weighted by atomic mass is 19.1. The Kier molecular flexibility index (Phi) is 4.00. The second kappa shape index (κ2) is 5.70. The van der Waals surface area contributed by atoms with Gasteiger partial charge in [-0.1, -0.05) is 26.0 Å². The van der Waals surface area contributed by atoms with Crippen LogP contribution in [0.1, 0.15) is 33.6 Å². The molecule has 6 heteroatoms. The van der Waals surface area contributed by atoms with E-state index in [1.807, 2.05) is 0 Å². The molecule has 4 rings (SSSR count). The predicted octanol–water partition coefficient (Wildman–Crippen LogP) is 2.65. The number of halogens is 2. The van der Waals surface area contributed by atoms with Crippen LogP contribution in [0.3, 0.4) is 0 Å². The zero-order valence-corrected chi connectivity index (χ0v) is 16.3. The normalized spacial score (nSPS) is 52.0. The lowest BCUT2D eigenvalue weighted by Crippen LogP contribution is -2.63. The number of ketones is 2. The van der Waals surface area contributed by atoms with Crippen LogP contribution in [0.4, 0.5) is 8.78 Å². The molecule has 0 aromatic heterocycles. The number of allylic oxidation sites excluding steroid dienone is 5. The van der Waals surface area contributed by atoms with Gasteiger partial charge in [0.2, 0.25) is 0 Å². The summed E-state index contributed by atoms with van der Waals surface area (Å²) in [4.78, 5) is 24.3. The molecule has 0 saturated heterocycles. The van der Waals surface area contributed by atoms with Gasteiger partial charge in [-0.2, -0.15) is 0 Å². The van der Waals surface area contributed by atoms with Gasteiger partial charge in [0.25, 0.3) is 0 Å². The van der Waals surface area contributed by atoms with E-state index in [1.165, 1.54) is 24.3 Å². The van der Waals surface area contributed by atoms with Crippen LogP contribution in [0.25, 0.3) is 0 Å². The van der Waals surface area contributed by atoms with Gasteiger partial charge in [0, 0.05) is 16.7 Å². The van der Waals surface area contributed by atoms with Gasteiger partial charge >= 0.3 is 0 Å². The number of hydrogen-bond acceptors (Lipinski definition) is 4. The first-order chi connectivity index (χ1) is 13.0. The molecule has 0 aromatic carbocycles. The number of aliphatic hydroxyl groups is 2. The topological polar surface area (TPSA) is 74.6 Å². The molecule has 0 heterocycles. The minimum Gasteiger partial charge on any atom is -0.388 e. The molecule has 8 atom stereocenters. The first-order valence-corrected chi connectivity index (χ1v) is 9.81. The van der Waals surface area contributed by atoms with Crippen molar-refractivity contribution in [1.29, 1.82) is 0 Å². The van der Waals surface area contributed by atoms with E-state index in [4.69, 9.17) is 0 Å². The van der Waals surface area contributed by atoms with Crippen molar-refractivity contribution < 1.29 is 28.6 Å². The molecule has 0 spiro atoms. The predicted molar refractivity (Wildman–Crippen MR) is 98.7 cm³/mol. The average Bonchev–Trinajstić information content (AvgIpc) is 2.86. The second-order valence-corrected chi connectivity index (χ2v) is 9.32. The number of alkyl halides is 2. The van der Waals surface area contributed by atoms with Crippen molar-refractivity contribution in [2.24, 2.45) is 28.6 Å². The molecule has 0 aromatic rings. The van der Waals surface area contributed by atoms with Gasteiger partial charge in [0.05, 0.1) is 0 Å². The van der Waals surface area contributed by atoms with Crippen LogP contribution in [0, 0.1) is 28.6 Å². The van der Waals surface area contributed by atoms with Crippen molar-refractivity contribution in [3.05, 3.63) is 36.0 Å². The molecule has 152 valence electrons. The van der Waals surface area contributed by atoms with E-state index < -0.39 is 58.4 Å². The van der Waals surface area contributed by atoms with Gasteiger partial charge in [0.1, 0.15) is 24.0 Å². The molecule has 4 aliphatic carbocycles. The highest BCUT2D eigenvalue weighted by molar-refractivity contribution is 6.01. The summed E-state index contributed by atoms with van der Waals surface area (Å²) in [5, 5.41) is 20.7. The fourth-order valence-corrected chi connectivity index (χ4v) is 6.55. The van der Waals surface area contributed by atoms with Gasteiger partial charge < -0.3 is 10.2 Å². The van der Waals surface area contributed by atoms with Gasteiger partial charge in [-0.3, -0.25) is 9.59 Å². The zero-order chi connectivity index (χ0) is 20.7. The summed E-state index contributed by atoms with van der Waals surface area (Å²) >= 11 is 0. The van der Waals surface area contributed by atoms with E-state index in [-0.39, 0.29) is 17.8 Å². The Bertz CT molecular complexity index is 847. The number of rotatable bonds is 2. The van der Waals surface area contributed by atoms with Crippen molar-refractivity contribution in [3.8, 4) is 0 Å². The molecule has 0 aliphatic heterocycles. The molecule has 2 fully saturated rings. The fraction of sp³-hybridized carbons (Fsp3) is 0.636. The molecule has 0 amide bonds. The van der Waals surface area contributed by atoms with Gasteiger partial charge in [0.15, 0.2) is 11.6 Å². The molecule has 28 heavy (non-hydrogen) atoms. The maximum Gasteiger partial charge on any atom is 0.190 e. The SMILES string of the molecule is C[C@@H]1C[C@H]2[C@@H]3C[C@H](F)C4=CC(=O)C=C[C@]4(C)[C@@]3(F)C=C[C@]2(C)[C@@]1(O)C(=O)CO. The molecule has 0 unspecified atom stereocenters. The summed E-state index contributed by atoms with van der Waals surface area (Å²) in [6, 6.07) is 0. The quantitative estimate of drug-likeness (QED) is 0.709. The third-order valence-corrected chi connectivity index (χ3v) is 8.25. The van der Waals surface area contributed by atoms with Crippen molar-refractivity contribution in [1.82, 2.24) is 0 Å². The number of carbonyl (C=O) groups is 2. The number of carbonyl (C=O) groups excluding carboxylic acids is 2. The lowest BCUT2D eigenvalue weighted by atomic mass is 9.48. The Labute approximate surface area is 163 Å². The Balaban J connectivity index is 1.88. The molecular weight excluding hydrogens is 366 g/mol. The van der Waals surface area contributed by atoms with E-state index in [9.17, 15) is 19.8 Å². The Morgan fingerprint density at radius 1 is 1.21 bits per heavy atom. The number of hydrogen-bond donors (Lipinski definition) is 2. The Morgan fingerprint density at radius 2 is 1.89 bits per heavy atom. The second-order valence-electron chi connectivity index (χ2n) is 9.32. The first kappa shape index (κ1) is 19.6. The minimum atomic E-state index is -1.93. The van der Waals surface area contributed by atoms with E-state index in [1.54, 1.807) is 26.8 Å². The lowest BCUT2D eigenvalue weighted by molar-refractivity contribution is -0.160. The third-order valence-electron chi connectivity index (χ3n) is 8.25. The monoisotopic (exact) mass is 392 g/mol. The standard InChI is InChI=1S/C22H26F2O4/c1-12-8-14-15-10-17(23)16-9-13(26)4-5-19(16,2)21(15,24)7-6-20(14,3)22(12,28)18(27)11-25/h4-7,9,12,14-15,17,25,28H,8,10-11H2,1-3H3/t12-,14+,15+,17+,19+,20+,21-,22+/m1/s1. The molecule has 4 aliphatic rings. The summed E-state index contributed by atoms with van der Waals surface area (Å²) in [6.45, 7) is 4.22. The summed E-state index contributed by atoms with van der Waals surface area (Å²) in [6.07, 6.45) is 5.63. The van der Waals surface area contributed by atoms with E-state index >= 15 is 8.78 Å². The van der Waals surface area contributed by atoms with Crippen LogP contribution in [0.5, 0.6) is 0 Å². The van der Waals surface area contributed by atoms with Gasteiger partial charge in [-0.15, -0.1) is 0 Å². The molecule has 4 nitrogen and oxygen atoms in total. The van der Waals surface area contributed by atoms with E-state index in [0.717, 1.165) is 0 Å². The highest BCUT2D eigenvalue weighted by Crippen LogP contribution is 2.68. The minimum absolute atomic E-state index is 0.111. The first-order valence-electron chi connectivity index (χ1n) is 9.81. The van der Waals surface area contributed by atoms with Crippen LogP contribution in [-0.4, -0.2) is 45.8 Å². The summed E-state index contributed by atoms with van der Waals surface area (Å²) < 4.78 is 31.8. The van der Waals surface area contributed by atoms with E-state index in [0.29, 0.717) is 6.42 Å². The highest BCUT2D eigenvalue weighted by Gasteiger charge is 2.72. The van der Waals surface area contributed by atoms with Crippen molar-refractivity contribution in [2.75, 3.05) is 6.61 Å². The maximum absolute atomic E-state index is 16.6. The number of Topliss-reactive ketones (excluding diaryl/α,β-unsaturated/α-hetero) is 1. The molecule has 0 radical (unpaired) electrons. The van der Waals surface area contributed by atoms with Gasteiger partial charge in [-0.05, 0) is 55.4 Å². The van der Waals surface area contributed by atoms with Crippen molar-refractivity contribution >= 4 is 11.6 Å². The number of fused-ring (bicyclic) bond motifs is 5. The van der Waals surface area contributed by atoms with Crippen molar-refractivity contribution in [3.63, 3.8) is 0 Å². The van der Waals surface area contributed by atoms with Crippen LogP contribution in [0.15, 0.2) is 36.0 Å². The van der Waals surface area contributed by atoms with Crippen LogP contribution in [0.2, 0.25) is 0 Å². The lowest BCUT2D eigenvalue weighted by Gasteiger charge is -2.58. The Hall–Kier alpha value is -1.66. The number of aliphatic hydroxyl groups excluding tert-OH is 1. The van der Waals surface area contributed by atoms with Crippen LogP contribution < -0.4 is 0 Å². The van der Waals surface area contributed by atoms with Crippen molar-refractivity contribution in [2.45, 2.75) is 51.1 Å². The third kappa shape index (κ3) is 2.00. The zero-order valence-electron chi connectivity index (χ0n) is 16.3. The molecular formula is C22H26F2O4. The summed E-state index contributed by atoms with van der Waals surface area (Å²) in [5.41, 5.74) is -6.01. The molecule has 2 N–H and O–H groups in total. The largest absolute Gasteiger partial charge is 0.388 e. The van der Waals surface area contributed by atoms with Crippen LogP contribution >= 0.6 is 0 Å². The maximum atomic E-state index is 16.6. The Morgan fingerprint density at radius 3 is 2.54 bits per heavy atom.